The molecule has 1 saturated heterocycles. The number of nitrogens with one attached hydrogen (secondary N) is 2. The SMILES string of the molecule is C=C(N[C@@H](C(=C)C)C(=O)NC)C(CC(C)C)[C@](O)(COC1CCCCO1)C(N)=O. The molecule has 166 valence electrons. The Morgan fingerprint density at radius 3 is 2.45 bits per heavy atom. The molecule has 1 aliphatic rings. The molecule has 0 aromatic carbocycles. The number of amides is 2. The number of rotatable bonds is 12. The van der Waals surface area contributed by atoms with E-state index in [0.717, 1.165) is 12.8 Å². The van der Waals surface area contributed by atoms with E-state index in [1.165, 1.54) is 7.05 Å². The average Bonchev–Trinajstić information content (AvgIpc) is 2.67. The molecular formula is C21H37N3O5. The Bertz CT molecular complexity index is 601. The molecule has 1 heterocycles. The summed E-state index contributed by atoms with van der Waals surface area (Å²) in [5.74, 6) is -1.85. The second kappa shape index (κ2) is 11.3. The summed E-state index contributed by atoms with van der Waals surface area (Å²) < 4.78 is 11.2. The lowest BCUT2D eigenvalue weighted by Crippen LogP contribution is -2.57. The summed E-state index contributed by atoms with van der Waals surface area (Å²) in [4.78, 5) is 24.5. The van der Waals surface area contributed by atoms with Crippen LogP contribution >= 0.6 is 0 Å². The number of nitrogens with two attached hydrogens (primary N) is 1. The lowest BCUT2D eigenvalue weighted by Gasteiger charge is -2.38. The number of primary amides is 1. The topological polar surface area (TPSA) is 123 Å². The van der Waals surface area contributed by atoms with E-state index in [-0.39, 0.29) is 18.4 Å². The van der Waals surface area contributed by atoms with E-state index < -0.39 is 29.8 Å². The van der Waals surface area contributed by atoms with Gasteiger partial charge >= 0.3 is 0 Å². The van der Waals surface area contributed by atoms with E-state index in [9.17, 15) is 14.7 Å². The van der Waals surface area contributed by atoms with Gasteiger partial charge in [0.15, 0.2) is 11.9 Å². The van der Waals surface area contributed by atoms with Gasteiger partial charge in [-0.05, 0) is 44.1 Å². The van der Waals surface area contributed by atoms with Gasteiger partial charge in [0, 0.05) is 25.3 Å². The molecule has 0 bridgehead atoms. The van der Waals surface area contributed by atoms with Crippen molar-refractivity contribution in [1.29, 1.82) is 0 Å². The van der Waals surface area contributed by atoms with Crippen LogP contribution in [0.25, 0.3) is 0 Å². The third-order valence-electron chi connectivity index (χ3n) is 5.09. The summed E-state index contributed by atoms with van der Waals surface area (Å²) in [6, 6.07) is -0.748. The summed E-state index contributed by atoms with van der Waals surface area (Å²) >= 11 is 0. The van der Waals surface area contributed by atoms with E-state index in [4.69, 9.17) is 15.2 Å². The highest BCUT2D eigenvalue weighted by molar-refractivity contribution is 5.85. The average molecular weight is 412 g/mol. The Hall–Kier alpha value is -1.90. The fraction of sp³-hybridized carbons (Fsp3) is 0.714. The molecule has 0 aromatic rings. The molecule has 0 spiro atoms. The predicted octanol–water partition coefficient (Wildman–Crippen LogP) is 1.20. The normalized spacial score (nSPS) is 21.0. The largest absolute Gasteiger partial charge is 0.377 e. The summed E-state index contributed by atoms with van der Waals surface area (Å²) in [6.45, 7) is 13.7. The Morgan fingerprint density at radius 2 is 2.00 bits per heavy atom. The number of aliphatic hydroxyl groups is 1. The molecule has 0 aromatic heterocycles. The zero-order valence-electron chi connectivity index (χ0n) is 18.1. The minimum atomic E-state index is -2.00. The van der Waals surface area contributed by atoms with Crippen LogP contribution in [-0.4, -0.2) is 55.1 Å². The number of hydrogen-bond donors (Lipinski definition) is 4. The molecule has 4 atom stereocenters. The van der Waals surface area contributed by atoms with Crippen LogP contribution < -0.4 is 16.4 Å². The van der Waals surface area contributed by atoms with Crippen molar-refractivity contribution in [3.63, 3.8) is 0 Å². The van der Waals surface area contributed by atoms with Crippen molar-refractivity contribution in [2.75, 3.05) is 20.3 Å². The summed E-state index contributed by atoms with van der Waals surface area (Å²) in [5, 5.41) is 16.8. The van der Waals surface area contributed by atoms with Gasteiger partial charge < -0.3 is 30.9 Å². The summed E-state index contributed by atoms with van der Waals surface area (Å²) in [6.07, 6.45) is 2.53. The molecule has 1 fully saturated rings. The van der Waals surface area contributed by atoms with Crippen LogP contribution in [0.3, 0.4) is 0 Å². The van der Waals surface area contributed by atoms with Crippen molar-refractivity contribution in [3.8, 4) is 0 Å². The highest BCUT2D eigenvalue weighted by Crippen LogP contribution is 2.31. The molecule has 5 N–H and O–H groups in total. The molecule has 1 rings (SSSR count). The molecule has 0 aliphatic carbocycles. The first-order valence-corrected chi connectivity index (χ1v) is 10.1. The van der Waals surface area contributed by atoms with Gasteiger partial charge in [0.05, 0.1) is 6.61 Å². The van der Waals surface area contributed by atoms with E-state index >= 15 is 0 Å². The molecule has 0 saturated carbocycles. The maximum absolute atomic E-state index is 12.3. The zero-order chi connectivity index (χ0) is 22.2. The predicted molar refractivity (Wildman–Crippen MR) is 112 cm³/mol. The van der Waals surface area contributed by atoms with Gasteiger partial charge in [0.1, 0.15) is 6.04 Å². The molecule has 8 heteroatoms. The number of hydrogen-bond acceptors (Lipinski definition) is 6. The van der Waals surface area contributed by atoms with Crippen molar-refractivity contribution < 1.29 is 24.2 Å². The van der Waals surface area contributed by atoms with Crippen LogP contribution in [0.4, 0.5) is 0 Å². The maximum atomic E-state index is 12.3. The zero-order valence-corrected chi connectivity index (χ0v) is 18.1. The van der Waals surface area contributed by atoms with Gasteiger partial charge in [-0.2, -0.15) is 0 Å². The fourth-order valence-electron chi connectivity index (χ4n) is 3.35. The molecule has 29 heavy (non-hydrogen) atoms. The van der Waals surface area contributed by atoms with Crippen LogP contribution in [0, 0.1) is 11.8 Å². The Kier molecular flexibility index (Phi) is 9.82. The standard InChI is InChI=1S/C21H37N3O5/c1-13(2)11-16(15(5)24-18(14(3)4)19(25)23-6)21(27,20(22)26)12-29-17-9-7-8-10-28-17/h13,16-18,24,27H,3,5,7-12H2,1-2,4,6H3,(H2,22,26)(H,23,25)/t16?,17?,18-,21+/m0/s1. The van der Waals surface area contributed by atoms with Gasteiger partial charge in [-0.1, -0.05) is 27.0 Å². The first-order chi connectivity index (χ1) is 13.5. The van der Waals surface area contributed by atoms with Crippen LogP contribution in [-0.2, 0) is 19.1 Å². The smallest absolute Gasteiger partial charge is 0.252 e. The van der Waals surface area contributed by atoms with Gasteiger partial charge in [-0.15, -0.1) is 0 Å². The third-order valence-corrected chi connectivity index (χ3v) is 5.09. The highest BCUT2D eigenvalue weighted by Gasteiger charge is 2.45. The first kappa shape index (κ1) is 25.1. The van der Waals surface area contributed by atoms with Crippen LogP contribution in [0.5, 0.6) is 0 Å². The summed E-state index contributed by atoms with van der Waals surface area (Å²) in [7, 11) is 1.52. The number of likely N-dealkylation sites (N-methyl/N-ethyl adjacent to an activating group) is 1. The fourth-order valence-corrected chi connectivity index (χ4v) is 3.35. The Balaban J connectivity index is 3.07. The molecule has 1 aliphatic heterocycles. The van der Waals surface area contributed by atoms with Crippen molar-refractivity contribution in [2.45, 2.75) is 64.4 Å². The van der Waals surface area contributed by atoms with Crippen molar-refractivity contribution in [3.05, 3.63) is 24.4 Å². The third kappa shape index (κ3) is 7.13. The van der Waals surface area contributed by atoms with E-state index in [2.05, 4.69) is 23.8 Å². The van der Waals surface area contributed by atoms with Crippen molar-refractivity contribution in [1.82, 2.24) is 10.6 Å². The number of carbonyl (C=O) groups excluding carboxylic acids is 2. The van der Waals surface area contributed by atoms with Gasteiger partial charge in [0.2, 0.25) is 5.91 Å². The van der Waals surface area contributed by atoms with Crippen LogP contribution in [0.1, 0.15) is 46.5 Å². The first-order valence-electron chi connectivity index (χ1n) is 10.1. The summed E-state index contributed by atoms with van der Waals surface area (Å²) in [5.41, 5.74) is 4.50. The van der Waals surface area contributed by atoms with Crippen LogP contribution in [0.15, 0.2) is 24.4 Å². The minimum Gasteiger partial charge on any atom is -0.377 e. The lowest BCUT2D eigenvalue weighted by atomic mass is 9.79. The van der Waals surface area contributed by atoms with E-state index in [1.54, 1.807) is 6.92 Å². The minimum absolute atomic E-state index is 0.124. The Labute approximate surface area is 173 Å². The molecule has 2 amide bonds. The highest BCUT2D eigenvalue weighted by atomic mass is 16.7. The number of carbonyl (C=O) groups is 2. The maximum Gasteiger partial charge on any atom is 0.252 e. The van der Waals surface area contributed by atoms with E-state index in [0.29, 0.717) is 30.7 Å². The molecule has 2 unspecified atom stereocenters. The van der Waals surface area contributed by atoms with Gasteiger partial charge in [-0.25, -0.2) is 0 Å². The molecule has 0 radical (unpaired) electrons. The lowest BCUT2D eigenvalue weighted by molar-refractivity contribution is -0.200. The second-order valence-corrected chi connectivity index (χ2v) is 8.14. The van der Waals surface area contributed by atoms with Gasteiger partial charge in [-0.3, -0.25) is 9.59 Å². The van der Waals surface area contributed by atoms with Crippen molar-refractivity contribution >= 4 is 11.8 Å². The van der Waals surface area contributed by atoms with E-state index in [1.807, 2.05) is 13.8 Å². The molecular weight excluding hydrogens is 374 g/mol. The monoisotopic (exact) mass is 411 g/mol. The quantitative estimate of drug-likeness (QED) is 0.358. The van der Waals surface area contributed by atoms with Crippen molar-refractivity contribution in [2.24, 2.45) is 17.6 Å². The van der Waals surface area contributed by atoms with Crippen LogP contribution in [0.2, 0.25) is 0 Å². The Morgan fingerprint density at radius 1 is 1.34 bits per heavy atom. The number of ether oxygens (including phenoxy) is 2. The molecule has 8 nitrogen and oxygen atoms in total. The second-order valence-electron chi connectivity index (χ2n) is 8.14. The van der Waals surface area contributed by atoms with Gasteiger partial charge in [0.25, 0.3) is 5.91 Å².